The van der Waals surface area contributed by atoms with Crippen LogP contribution in [0, 0.1) is 5.92 Å². The van der Waals surface area contributed by atoms with E-state index < -0.39 is 0 Å². The number of carbonyl (C=O) groups is 2. The van der Waals surface area contributed by atoms with E-state index in [0.29, 0.717) is 25.6 Å². The molecule has 3 rings (SSSR count). The highest BCUT2D eigenvalue weighted by atomic mass is 16.2. The third kappa shape index (κ3) is 5.63. The molecule has 2 atom stereocenters. The number of hydrogen-bond acceptors (Lipinski definition) is 4. The third-order valence-electron chi connectivity index (χ3n) is 5.76. The Morgan fingerprint density at radius 2 is 1.96 bits per heavy atom. The highest BCUT2D eigenvalue weighted by Crippen LogP contribution is 2.24. The van der Waals surface area contributed by atoms with Crippen molar-refractivity contribution in [2.75, 3.05) is 20.1 Å². The first kappa shape index (κ1) is 19.5. The fourth-order valence-corrected chi connectivity index (χ4v) is 3.95. The van der Waals surface area contributed by atoms with Crippen LogP contribution < -0.4 is 10.6 Å². The van der Waals surface area contributed by atoms with Gasteiger partial charge in [-0.05, 0) is 50.8 Å². The summed E-state index contributed by atoms with van der Waals surface area (Å²) in [5, 5.41) is 6.11. The van der Waals surface area contributed by atoms with Crippen molar-refractivity contribution in [3.8, 4) is 0 Å². The summed E-state index contributed by atoms with van der Waals surface area (Å²) in [5.74, 6) is 0.362. The number of nitrogens with one attached hydrogen (secondary N) is 2. The van der Waals surface area contributed by atoms with Gasteiger partial charge in [-0.1, -0.05) is 18.2 Å². The van der Waals surface area contributed by atoms with E-state index in [0.717, 1.165) is 37.7 Å². The Balaban J connectivity index is 1.34. The van der Waals surface area contributed by atoms with Crippen molar-refractivity contribution in [2.24, 2.45) is 5.92 Å². The van der Waals surface area contributed by atoms with Gasteiger partial charge in [0, 0.05) is 49.9 Å². The highest BCUT2D eigenvalue weighted by molar-refractivity contribution is 5.79. The summed E-state index contributed by atoms with van der Waals surface area (Å²) < 4.78 is 0. The van der Waals surface area contributed by atoms with Gasteiger partial charge in [0.05, 0.1) is 0 Å². The normalized spacial score (nSPS) is 22.9. The molecular formula is C21H30N4O2. The molecule has 0 saturated carbocycles. The van der Waals surface area contributed by atoms with E-state index in [1.54, 1.807) is 6.20 Å². The molecule has 146 valence electrons. The van der Waals surface area contributed by atoms with Crippen LogP contribution in [0.3, 0.4) is 0 Å². The Hall–Kier alpha value is -2.21. The van der Waals surface area contributed by atoms with Crippen molar-refractivity contribution in [1.82, 2.24) is 20.5 Å². The quantitative estimate of drug-likeness (QED) is 0.683. The van der Waals surface area contributed by atoms with Crippen LogP contribution in [0.25, 0.3) is 0 Å². The van der Waals surface area contributed by atoms with Gasteiger partial charge in [0.15, 0.2) is 0 Å². The minimum absolute atomic E-state index is 0.0949. The van der Waals surface area contributed by atoms with Crippen molar-refractivity contribution in [1.29, 1.82) is 0 Å². The third-order valence-corrected chi connectivity index (χ3v) is 5.76. The van der Waals surface area contributed by atoms with E-state index >= 15 is 0 Å². The molecular weight excluding hydrogens is 340 g/mol. The molecule has 0 bridgehead atoms. The predicted molar refractivity (Wildman–Crippen MR) is 105 cm³/mol. The molecule has 1 saturated heterocycles. The van der Waals surface area contributed by atoms with Gasteiger partial charge in [0.2, 0.25) is 11.8 Å². The summed E-state index contributed by atoms with van der Waals surface area (Å²) in [6.07, 6.45) is 12.8. The molecule has 0 radical (unpaired) electrons. The number of carbonyl (C=O) groups excluding carboxylic acids is 2. The molecule has 27 heavy (non-hydrogen) atoms. The number of nitrogens with zero attached hydrogens (tertiary/aromatic N) is 2. The van der Waals surface area contributed by atoms with Gasteiger partial charge in [-0.2, -0.15) is 0 Å². The maximum absolute atomic E-state index is 12.3. The van der Waals surface area contributed by atoms with E-state index in [4.69, 9.17) is 0 Å². The van der Waals surface area contributed by atoms with Crippen molar-refractivity contribution >= 4 is 11.8 Å². The first-order valence-corrected chi connectivity index (χ1v) is 9.93. The monoisotopic (exact) mass is 370 g/mol. The standard InChI is InChI=1S/C21H30N4O2/c1-25-18(13-20(26)23-12-10-16-5-4-11-22-14-16)8-9-19(25)15-24-21(27)17-6-2-3-7-17/h2-5,11,14,17-19H,6-10,12-13,15H2,1H3,(H,23,26)(H,24,27)/t18-,19+/m1/s1. The smallest absolute Gasteiger partial charge is 0.223 e. The van der Waals surface area contributed by atoms with E-state index in [2.05, 4.69) is 39.7 Å². The van der Waals surface area contributed by atoms with E-state index in [1.807, 2.05) is 18.3 Å². The molecule has 2 N–H and O–H groups in total. The van der Waals surface area contributed by atoms with Crippen LogP contribution in [0.15, 0.2) is 36.7 Å². The van der Waals surface area contributed by atoms with Crippen LogP contribution in [-0.2, 0) is 16.0 Å². The van der Waals surface area contributed by atoms with Crippen LogP contribution in [0.2, 0.25) is 0 Å². The molecule has 1 aliphatic carbocycles. The average Bonchev–Trinajstić information content (AvgIpc) is 3.32. The zero-order valence-electron chi connectivity index (χ0n) is 16.1. The Morgan fingerprint density at radius 3 is 2.70 bits per heavy atom. The number of likely N-dealkylation sites (N-methyl/N-ethyl adjacent to an activating group) is 1. The first-order valence-electron chi connectivity index (χ1n) is 9.93. The maximum atomic E-state index is 12.3. The number of pyridine rings is 1. The Kier molecular flexibility index (Phi) is 6.98. The fraction of sp³-hybridized carbons (Fsp3) is 0.571. The lowest BCUT2D eigenvalue weighted by Crippen LogP contribution is -2.43. The predicted octanol–water partition coefficient (Wildman–Crippen LogP) is 1.68. The van der Waals surface area contributed by atoms with Crippen molar-refractivity contribution in [3.63, 3.8) is 0 Å². The van der Waals surface area contributed by atoms with E-state index in [1.165, 1.54) is 0 Å². The number of allylic oxidation sites excluding steroid dienone is 2. The summed E-state index contributed by atoms with van der Waals surface area (Å²) in [6.45, 7) is 1.31. The lowest BCUT2D eigenvalue weighted by molar-refractivity contribution is -0.125. The van der Waals surface area contributed by atoms with Gasteiger partial charge in [-0.3, -0.25) is 19.5 Å². The zero-order valence-corrected chi connectivity index (χ0v) is 16.1. The minimum atomic E-state index is 0.0949. The zero-order chi connectivity index (χ0) is 19.1. The second-order valence-corrected chi connectivity index (χ2v) is 7.60. The van der Waals surface area contributed by atoms with Gasteiger partial charge in [-0.15, -0.1) is 0 Å². The number of rotatable bonds is 8. The molecule has 1 fully saturated rings. The maximum Gasteiger partial charge on any atom is 0.223 e. The molecule has 0 spiro atoms. The number of amides is 2. The Bertz CT molecular complexity index is 653. The summed E-state index contributed by atoms with van der Waals surface area (Å²) in [6, 6.07) is 4.49. The summed E-state index contributed by atoms with van der Waals surface area (Å²) in [7, 11) is 2.06. The number of likely N-dealkylation sites (tertiary alicyclic amines) is 1. The van der Waals surface area contributed by atoms with Crippen LogP contribution in [0.5, 0.6) is 0 Å². The SMILES string of the molecule is CN1[C@@H](CC(=O)NCCc2cccnc2)CC[C@H]1CNC(=O)C1CC=CC1. The second kappa shape index (κ2) is 9.65. The minimum Gasteiger partial charge on any atom is -0.356 e. The van der Waals surface area contributed by atoms with Crippen LogP contribution in [0.4, 0.5) is 0 Å². The number of hydrogen-bond donors (Lipinski definition) is 2. The van der Waals surface area contributed by atoms with Crippen molar-refractivity contribution < 1.29 is 9.59 Å². The van der Waals surface area contributed by atoms with Crippen molar-refractivity contribution in [2.45, 2.75) is 50.6 Å². The molecule has 1 aromatic heterocycles. The van der Waals surface area contributed by atoms with Gasteiger partial charge >= 0.3 is 0 Å². The molecule has 2 amide bonds. The molecule has 1 aromatic rings. The topological polar surface area (TPSA) is 74.3 Å². The van der Waals surface area contributed by atoms with E-state index in [-0.39, 0.29) is 23.8 Å². The van der Waals surface area contributed by atoms with Crippen molar-refractivity contribution in [3.05, 3.63) is 42.2 Å². The van der Waals surface area contributed by atoms with Gasteiger partial charge in [0.1, 0.15) is 0 Å². The lowest BCUT2D eigenvalue weighted by atomic mass is 10.1. The molecule has 2 heterocycles. The molecule has 2 aliphatic rings. The molecule has 0 unspecified atom stereocenters. The highest BCUT2D eigenvalue weighted by Gasteiger charge is 2.32. The molecule has 1 aliphatic heterocycles. The molecule has 0 aromatic carbocycles. The fourth-order valence-electron chi connectivity index (χ4n) is 3.95. The number of aromatic nitrogens is 1. The largest absolute Gasteiger partial charge is 0.356 e. The Labute approximate surface area is 161 Å². The van der Waals surface area contributed by atoms with Gasteiger partial charge < -0.3 is 10.6 Å². The Morgan fingerprint density at radius 1 is 1.19 bits per heavy atom. The lowest BCUT2D eigenvalue weighted by Gasteiger charge is -2.26. The van der Waals surface area contributed by atoms with E-state index in [9.17, 15) is 9.59 Å². The van der Waals surface area contributed by atoms with Crippen LogP contribution >= 0.6 is 0 Å². The van der Waals surface area contributed by atoms with Crippen LogP contribution in [-0.4, -0.2) is 53.9 Å². The average molecular weight is 370 g/mol. The summed E-state index contributed by atoms with van der Waals surface area (Å²) in [4.78, 5) is 30.8. The summed E-state index contributed by atoms with van der Waals surface area (Å²) >= 11 is 0. The van der Waals surface area contributed by atoms with Gasteiger partial charge in [0.25, 0.3) is 0 Å². The molecule has 6 heteroatoms. The summed E-state index contributed by atoms with van der Waals surface area (Å²) in [5.41, 5.74) is 1.13. The molecule has 6 nitrogen and oxygen atoms in total. The second-order valence-electron chi connectivity index (χ2n) is 7.60. The first-order chi connectivity index (χ1) is 13.1. The van der Waals surface area contributed by atoms with Crippen LogP contribution in [0.1, 0.15) is 37.7 Å². The van der Waals surface area contributed by atoms with Gasteiger partial charge in [-0.25, -0.2) is 0 Å².